The Kier molecular flexibility index (Phi) is 18.0. The van der Waals surface area contributed by atoms with Crippen LogP contribution in [-0.4, -0.2) is 92.7 Å². The number of hydrogen-bond acceptors (Lipinski definition) is 8. The minimum absolute atomic E-state index is 0.0102. The number of nitrogens with one attached hydrogen (secondary N) is 3. The minimum Gasteiger partial charge on any atom is -0.494 e. The van der Waals surface area contributed by atoms with Gasteiger partial charge in [-0.1, -0.05) is 119 Å². The summed E-state index contributed by atoms with van der Waals surface area (Å²) in [6.07, 6.45) is 3.85. The number of carbonyl (C=O) groups excluding carboxylic acids is 5. The molecular weight excluding hydrogens is 861 g/mol. The maximum atomic E-state index is 14.6. The lowest BCUT2D eigenvalue weighted by atomic mass is 9.96. The Morgan fingerprint density at radius 2 is 1.16 bits per heavy atom. The lowest BCUT2D eigenvalue weighted by Crippen LogP contribution is -2.68. The molecule has 3 N–H and O–H groups in total. The van der Waals surface area contributed by atoms with Crippen LogP contribution >= 0.6 is 0 Å². The quantitative estimate of drug-likeness (QED) is 0.0703. The molecule has 0 bridgehead atoms. The molecule has 358 valence electrons. The molecule has 4 aromatic rings. The molecule has 0 aliphatic carbocycles. The third kappa shape index (κ3) is 13.0. The first-order valence-electron chi connectivity index (χ1n) is 24.2. The summed E-state index contributed by atoms with van der Waals surface area (Å²) in [7, 11) is -2.94. The normalized spacial score (nSPS) is 20.0. The van der Waals surface area contributed by atoms with Gasteiger partial charge in [0.15, 0.2) is 5.78 Å². The Morgan fingerprint density at radius 1 is 0.657 bits per heavy atom. The summed E-state index contributed by atoms with van der Waals surface area (Å²) in [6.45, 7) is 13.6. The Balaban J connectivity index is 1.17. The number of unbranched alkanes of at least 4 members (excludes halogenated alkanes) is 2. The smallest absolute Gasteiger partial charge is 0.262 e. The summed E-state index contributed by atoms with van der Waals surface area (Å²) in [4.78, 5) is 73.0. The zero-order valence-electron chi connectivity index (χ0n) is 40.2. The number of ketones is 1. The SMILES string of the molecule is CCOc1ccc(C[C@@H]2NC(=O)[C@H](CCCCCC(=O)[C@H](C)O[Si](c3ccccc3)(c3ccccc3)C(C)(C)C)NC(=O)[C@H]3CCCCN3C(=O)[C@H](Cc3ccc(OCC)cc3)NC2=O)cc1. The fraction of sp³-hybridized carbons (Fsp3) is 0.463. The average Bonchev–Trinajstić information content (AvgIpc) is 3.33. The van der Waals surface area contributed by atoms with Gasteiger partial charge in [-0.15, -0.1) is 0 Å². The minimum atomic E-state index is -2.94. The lowest BCUT2D eigenvalue weighted by Gasteiger charge is -2.44. The molecule has 0 unspecified atom stereocenters. The molecular formula is C54H70N4O8Si. The molecule has 0 spiro atoms. The molecule has 4 amide bonds. The highest BCUT2D eigenvalue weighted by molar-refractivity contribution is 6.99. The molecule has 13 heteroatoms. The summed E-state index contributed by atoms with van der Waals surface area (Å²) in [5, 5.41) is 10.9. The molecule has 0 aromatic heterocycles. The van der Waals surface area contributed by atoms with E-state index in [0.29, 0.717) is 69.8 Å². The van der Waals surface area contributed by atoms with Crippen LogP contribution in [0.5, 0.6) is 11.5 Å². The van der Waals surface area contributed by atoms with Crippen LogP contribution in [0.3, 0.4) is 0 Å². The van der Waals surface area contributed by atoms with Gasteiger partial charge in [-0.05, 0) is 104 Å². The van der Waals surface area contributed by atoms with Crippen LogP contribution in [-0.2, 0) is 41.2 Å². The number of Topliss-reactive ketones (excluding diaryl/α,β-unsaturated/α-hetero) is 1. The van der Waals surface area contributed by atoms with Crippen LogP contribution in [0, 0.1) is 0 Å². The van der Waals surface area contributed by atoms with Crippen LogP contribution in [0.15, 0.2) is 109 Å². The van der Waals surface area contributed by atoms with Crippen LogP contribution < -0.4 is 35.8 Å². The number of rotatable bonds is 19. The highest BCUT2D eigenvalue weighted by Crippen LogP contribution is 2.38. The number of carbonyl (C=O) groups is 5. The fourth-order valence-corrected chi connectivity index (χ4v) is 14.1. The molecule has 2 fully saturated rings. The van der Waals surface area contributed by atoms with Gasteiger partial charge in [-0.25, -0.2) is 0 Å². The summed E-state index contributed by atoms with van der Waals surface area (Å²) >= 11 is 0. The molecule has 6 rings (SSSR count). The second kappa shape index (κ2) is 23.8. The summed E-state index contributed by atoms with van der Waals surface area (Å²) in [6, 6.07) is 31.4. The number of benzene rings is 4. The van der Waals surface area contributed by atoms with E-state index in [0.717, 1.165) is 27.9 Å². The maximum Gasteiger partial charge on any atom is 0.262 e. The third-order valence-electron chi connectivity index (χ3n) is 13.0. The molecule has 2 aliphatic rings. The van der Waals surface area contributed by atoms with Gasteiger partial charge in [0.2, 0.25) is 23.6 Å². The molecule has 0 saturated carbocycles. The second-order valence-electron chi connectivity index (χ2n) is 18.8. The number of nitrogens with zero attached hydrogens (tertiary/aromatic N) is 1. The van der Waals surface area contributed by atoms with Crippen molar-refractivity contribution in [2.24, 2.45) is 0 Å². The first-order chi connectivity index (χ1) is 32.2. The predicted molar refractivity (Wildman–Crippen MR) is 264 cm³/mol. The highest BCUT2D eigenvalue weighted by Gasteiger charge is 2.51. The molecule has 2 saturated heterocycles. The Hall–Kier alpha value is -5.79. The van der Waals surface area contributed by atoms with E-state index in [1.165, 1.54) is 0 Å². The van der Waals surface area contributed by atoms with Crippen molar-refractivity contribution in [1.82, 2.24) is 20.9 Å². The predicted octanol–water partition coefficient (Wildman–Crippen LogP) is 6.60. The van der Waals surface area contributed by atoms with E-state index in [2.05, 4.69) is 61.0 Å². The van der Waals surface area contributed by atoms with Crippen molar-refractivity contribution in [2.45, 2.75) is 141 Å². The molecule has 4 aromatic carbocycles. The summed E-state index contributed by atoms with van der Waals surface area (Å²) in [5.41, 5.74) is 1.59. The summed E-state index contributed by atoms with van der Waals surface area (Å²) < 4.78 is 18.3. The van der Waals surface area contributed by atoms with Gasteiger partial charge in [-0.2, -0.15) is 0 Å². The molecule has 2 heterocycles. The van der Waals surface area contributed by atoms with Crippen LogP contribution in [0.4, 0.5) is 0 Å². The standard InChI is InChI=1S/C54H70N4O8Si/c1-7-64-41-31-27-39(28-32-41)36-46-51(61)57-47(37-40-29-33-42(34-30-40)65-8-2)53(63)58-35-19-18-25-48(58)52(62)55-45(50(60)56-46)24-16-11-17-26-49(59)38(3)66-67(54(4,5)6,43-20-12-9-13-21-43)44-22-14-10-15-23-44/h9-10,12-15,20-23,27-34,38,45-48H,7-8,11,16-19,24-26,35-37H2,1-6H3,(H,55,62)(H,56,60)(H,57,61)/t38-,45-,46-,47-,48+/m0/s1. The third-order valence-corrected chi connectivity index (χ3v) is 18.1. The van der Waals surface area contributed by atoms with Crippen molar-refractivity contribution in [3.63, 3.8) is 0 Å². The van der Waals surface area contributed by atoms with Crippen LogP contribution in [0.25, 0.3) is 0 Å². The fourth-order valence-electron chi connectivity index (χ4n) is 9.46. The van der Waals surface area contributed by atoms with Gasteiger partial charge in [0.25, 0.3) is 8.32 Å². The second-order valence-corrected chi connectivity index (χ2v) is 23.0. The van der Waals surface area contributed by atoms with E-state index >= 15 is 0 Å². The molecule has 2 aliphatic heterocycles. The Bertz CT molecular complexity index is 2210. The first-order valence-corrected chi connectivity index (χ1v) is 26.1. The van der Waals surface area contributed by atoms with Gasteiger partial charge in [0.1, 0.15) is 41.8 Å². The summed E-state index contributed by atoms with van der Waals surface area (Å²) in [5.74, 6) is -0.340. The monoisotopic (exact) mass is 930 g/mol. The van der Waals surface area contributed by atoms with E-state index in [9.17, 15) is 24.0 Å². The Morgan fingerprint density at radius 3 is 1.70 bits per heavy atom. The number of fused-ring (bicyclic) bond motifs is 1. The van der Waals surface area contributed by atoms with E-state index < -0.39 is 56.3 Å². The van der Waals surface area contributed by atoms with E-state index in [-0.39, 0.29) is 36.0 Å². The lowest BCUT2D eigenvalue weighted by molar-refractivity contribution is -0.146. The van der Waals surface area contributed by atoms with E-state index in [4.69, 9.17) is 13.9 Å². The molecule has 0 radical (unpaired) electrons. The number of amides is 4. The van der Waals surface area contributed by atoms with Gasteiger partial charge >= 0.3 is 0 Å². The molecule has 5 atom stereocenters. The van der Waals surface area contributed by atoms with Crippen molar-refractivity contribution < 1.29 is 37.9 Å². The van der Waals surface area contributed by atoms with Crippen molar-refractivity contribution >= 4 is 48.1 Å². The van der Waals surface area contributed by atoms with Crippen molar-refractivity contribution in [2.75, 3.05) is 19.8 Å². The van der Waals surface area contributed by atoms with E-state index in [1.54, 1.807) is 4.90 Å². The highest BCUT2D eigenvalue weighted by atomic mass is 28.4. The van der Waals surface area contributed by atoms with Gasteiger partial charge in [-0.3, -0.25) is 24.0 Å². The van der Waals surface area contributed by atoms with Gasteiger partial charge < -0.3 is 34.8 Å². The largest absolute Gasteiger partial charge is 0.494 e. The van der Waals surface area contributed by atoms with E-state index in [1.807, 2.05) is 106 Å². The topological polar surface area (TPSA) is 152 Å². The average molecular weight is 931 g/mol. The maximum absolute atomic E-state index is 14.6. The van der Waals surface area contributed by atoms with Crippen molar-refractivity contribution in [3.05, 3.63) is 120 Å². The van der Waals surface area contributed by atoms with Crippen LogP contribution in [0.1, 0.15) is 104 Å². The van der Waals surface area contributed by atoms with Crippen LogP contribution in [0.2, 0.25) is 5.04 Å². The zero-order valence-corrected chi connectivity index (χ0v) is 41.2. The number of piperidine rings is 1. The first kappa shape index (κ1) is 50.6. The molecule has 12 nitrogen and oxygen atoms in total. The van der Waals surface area contributed by atoms with Crippen molar-refractivity contribution in [3.8, 4) is 11.5 Å². The van der Waals surface area contributed by atoms with Gasteiger partial charge in [0.05, 0.1) is 13.2 Å². The van der Waals surface area contributed by atoms with Crippen molar-refractivity contribution in [1.29, 1.82) is 0 Å². The number of hydrogen-bond donors (Lipinski definition) is 3. The molecule has 67 heavy (non-hydrogen) atoms. The Labute approximate surface area is 398 Å². The zero-order chi connectivity index (χ0) is 48.0. The van der Waals surface area contributed by atoms with Gasteiger partial charge in [0, 0.05) is 25.8 Å². The number of ether oxygens (including phenoxy) is 2.